The average Bonchev–Trinajstić information content (AvgIpc) is 3.16. The highest BCUT2D eigenvalue weighted by atomic mass is 32.1. The van der Waals surface area contributed by atoms with Crippen molar-refractivity contribution in [2.75, 3.05) is 18.0 Å². The van der Waals surface area contributed by atoms with Gasteiger partial charge in [-0.25, -0.2) is 0 Å². The van der Waals surface area contributed by atoms with Crippen molar-refractivity contribution in [1.29, 1.82) is 0 Å². The molecule has 3 rings (SSSR count). The van der Waals surface area contributed by atoms with Crippen LogP contribution in [-0.2, 0) is 11.2 Å². The summed E-state index contributed by atoms with van der Waals surface area (Å²) in [6, 6.07) is 13.0. The summed E-state index contributed by atoms with van der Waals surface area (Å²) in [5.41, 5.74) is 2.34. The molecule has 1 aromatic heterocycles. The van der Waals surface area contributed by atoms with E-state index in [9.17, 15) is 4.79 Å². The molecule has 0 unspecified atom stereocenters. The fourth-order valence-corrected chi connectivity index (χ4v) is 3.83. The minimum Gasteiger partial charge on any atom is -0.361 e. The van der Waals surface area contributed by atoms with Crippen LogP contribution >= 0.6 is 11.3 Å². The Morgan fingerprint density at radius 2 is 2.04 bits per heavy atom. The van der Waals surface area contributed by atoms with Crippen LogP contribution in [0.15, 0.2) is 41.8 Å². The number of para-hydroxylation sites is 1. The van der Waals surface area contributed by atoms with Crippen LogP contribution in [0.4, 0.5) is 5.69 Å². The molecule has 3 nitrogen and oxygen atoms in total. The van der Waals surface area contributed by atoms with E-state index >= 15 is 0 Å². The Labute approximate surface area is 142 Å². The van der Waals surface area contributed by atoms with Crippen LogP contribution < -0.4 is 10.2 Å². The van der Waals surface area contributed by atoms with Crippen LogP contribution in [0.5, 0.6) is 0 Å². The summed E-state index contributed by atoms with van der Waals surface area (Å²) >= 11 is 1.76. The lowest BCUT2D eigenvalue weighted by molar-refractivity contribution is -0.128. The van der Waals surface area contributed by atoms with Crippen molar-refractivity contribution in [2.24, 2.45) is 5.41 Å². The Bertz CT molecular complexity index is 673. The summed E-state index contributed by atoms with van der Waals surface area (Å²) in [5, 5.41) is 5.25. The molecular formula is C19H24N2OS. The van der Waals surface area contributed by atoms with Crippen LogP contribution in [0.1, 0.15) is 37.3 Å². The molecule has 4 heteroatoms. The standard InChI is InChI=1S/C19H24N2OS/c1-19(2,3)18(22)20-13-16(17-9-6-12-23-17)21-11-10-14-7-4-5-8-15(14)21/h4-9,12,16H,10-11,13H2,1-3H3,(H,20,22)/t16-/m0/s1. The first-order valence-corrected chi connectivity index (χ1v) is 9.01. The molecule has 0 fully saturated rings. The van der Waals surface area contributed by atoms with Gasteiger partial charge in [0, 0.05) is 29.1 Å². The molecule has 122 valence electrons. The predicted octanol–water partition coefficient (Wildman–Crippen LogP) is 4.01. The fraction of sp³-hybridized carbons (Fsp3) is 0.421. The maximum absolute atomic E-state index is 12.3. The number of carbonyl (C=O) groups excluding carboxylic acids is 1. The molecule has 0 spiro atoms. The molecule has 23 heavy (non-hydrogen) atoms. The number of benzene rings is 1. The first-order chi connectivity index (χ1) is 11.0. The number of amides is 1. The van der Waals surface area contributed by atoms with Crippen molar-refractivity contribution in [3.8, 4) is 0 Å². The van der Waals surface area contributed by atoms with Gasteiger partial charge in [-0.3, -0.25) is 4.79 Å². The molecule has 1 aliphatic rings. The molecule has 1 aromatic carbocycles. The minimum atomic E-state index is -0.358. The quantitative estimate of drug-likeness (QED) is 0.919. The van der Waals surface area contributed by atoms with Gasteiger partial charge in [0.15, 0.2) is 0 Å². The van der Waals surface area contributed by atoms with E-state index in [-0.39, 0.29) is 17.4 Å². The van der Waals surface area contributed by atoms with Crippen LogP contribution in [0.25, 0.3) is 0 Å². The van der Waals surface area contributed by atoms with E-state index in [1.165, 1.54) is 16.1 Å². The van der Waals surface area contributed by atoms with E-state index in [0.29, 0.717) is 6.54 Å². The summed E-state index contributed by atoms with van der Waals surface area (Å²) in [5.74, 6) is 0.103. The topological polar surface area (TPSA) is 32.3 Å². The number of rotatable bonds is 4. The summed E-state index contributed by atoms with van der Waals surface area (Å²) in [6.45, 7) is 7.51. The Kier molecular flexibility index (Phi) is 4.44. The first-order valence-electron chi connectivity index (χ1n) is 8.13. The van der Waals surface area contributed by atoms with E-state index in [1.54, 1.807) is 11.3 Å². The number of hydrogen-bond donors (Lipinski definition) is 1. The van der Waals surface area contributed by atoms with E-state index in [4.69, 9.17) is 0 Å². The smallest absolute Gasteiger partial charge is 0.225 e. The third-order valence-electron chi connectivity index (χ3n) is 4.31. The SMILES string of the molecule is CC(C)(C)C(=O)NC[C@@H](c1cccs1)N1CCc2ccccc21. The summed E-state index contributed by atoms with van der Waals surface area (Å²) < 4.78 is 0. The van der Waals surface area contributed by atoms with Gasteiger partial charge in [0.05, 0.1) is 6.04 Å². The Hall–Kier alpha value is -1.81. The van der Waals surface area contributed by atoms with Gasteiger partial charge in [-0.2, -0.15) is 0 Å². The Balaban J connectivity index is 1.82. The van der Waals surface area contributed by atoms with Crippen molar-refractivity contribution in [3.05, 3.63) is 52.2 Å². The lowest BCUT2D eigenvalue weighted by Crippen LogP contribution is -2.41. The number of fused-ring (bicyclic) bond motifs is 1. The monoisotopic (exact) mass is 328 g/mol. The predicted molar refractivity (Wildman–Crippen MR) is 97.0 cm³/mol. The molecule has 0 radical (unpaired) electrons. The maximum Gasteiger partial charge on any atom is 0.225 e. The molecule has 1 N–H and O–H groups in total. The molecule has 1 amide bonds. The normalized spacial score (nSPS) is 15.3. The molecule has 1 aliphatic heterocycles. The van der Waals surface area contributed by atoms with Crippen molar-refractivity contribution in [2.45, 2.75) is 33.2 Å². The second-order valence-electron chi connectivity index (χ2n) is 7.06. The van der Waals surface area contributed by atoms with Crippen LogP contribution in [-0.4, -0.2) is 19.0 Å². The molecule has 0 saturated carbocycles. The number of nitrogens with zero attached hydrogens (tertiary/aromatic N) is 1. The third-order valence-corrected chi connectivity index (χ3v) is 5.28. The van der Waals surface area contributed by atoms with Gasteiger partial charge >= 0.3 is 0 Å². The van der Waals surface area contributed by atoms with Crippen molar-refractivity contribution >= 4 is 22.9 Å². The first kappa shape index (κ1) is 16.1. The zero-order valence-electron chi connectivity index (χ0n) is 14.0. The highest BCUT2D eigenvalue weighted by Crippen LogP contribution is 2.36. The van der Waals surface area contributed by atoms with Gasteiger partial charge < -0.3 is 10.2 Å². The van der Waals surface area contributed by atoms with E-state index < -0.39 is 0 Å². The molecule has 1 atom stereocenters. The van der Waals surface area contributed by atoms with Crippen LogP contribution in [0.2, 0.25) is 0 Å². The fourth-order valence-electron chi connectivity index (χ4n) is 2.99. The summed E-state index contributed by atoms with van der Waals surface area (Å²) in [7, 11) is 0. The zero-order chi connectivity index (χ0) is 16.4. The lowest BCUT2D eigenvalue weighted by Gasteiger charge is -2.31. The van der Waals surface area contributed by atoms with Gasteiger partial charge in [0.2, 0.25) is 5.91 Å². The molecular weight excluding hydrogens is 304 g/mol. The largest absolute Gasteiger partial charge is 0.361 e. The van der Waals surface area contributed by atoms with Crippen molar-refractivity contribution in [1.82, 2.24) is 5.32 Å². The van der Waals surface area contributed by atoms with Crippen molar-refractivity contribution < 1.29 is 4.79 Å². The maximum atomic E-state index is 12.3. The zero-order valence-corrected chi connectivity index (χ0v) is 14.8. The number of carbonyl (C=O) groups is 1. The van der Waals surface area contributed by atoms with Gasteiger partial charge in [-0.15, -0.1) is 11.3 Å². The van der Waals surface area contributed by atoms with E-state index in [0.717, 1.165) is 13.0 Å². The Morgan fingerprint density at radius 3 is 2.74 bits per heavy atom. The molecule has 0 bridgehead atoms. The summed E-state index contributed by atoms with van der Waals surface area (Å²) in [4.78, 5) is 16.0. The number of anilines is 1. The second-order valence-corrected chi connectivity index (χ2v) is 8.04. The van der Waals surface area contributed by atoms with Crippen molar-refractivity contribution in [3.63, 3.8) is 0 Å². The number of hydrogen-bond acceptors (Lipinski definition) is 3. The molecule has 2 aromatic rings. The van der Waals surface area contributed by atoms with Crippen LogP contribution in [0, 0.1) is 5.41 Å². The molecule has 0 aliphatic carbocycles. The number of nitrogens with one attached hydrogen (secondary N) is 1. The van der Waals surface area contributed by atoms with Gasteiger partial charge in [-0.05, 0) is 29.5 Å². The average molecular weight is 328 g/mol. The van der Waals surface area contributed by atoms with Crippen LogP contribution in [0.3, 0.4) is 0 Å². The third kappa shape index (κ3) is 3.42. The van der Waals surface area contributed by atoms with Gasteiger partial charge in [0.25, 0.3) is 0 Å². The number of thiophene rings is 1. The van der Waals surface area contributed by atoms with E-state index in [2.05, 4.69) is 52.0 Å². The Morgan fingerprint density at radius 1 is 1.26 bits per heavy atom. The van der Waals surface area contributed by atoms with Gasteiger partial charge in [0.1, 0.15) is 0 Å². The minimum absolute atomic E-state index is 0.103. The van der Waals surface area contributed by atoms with Gasteiger partial charge in [-0.1, -0.05) is 45.0 Å². The summed E-state index contributed by atoms with van der Waals surface area (Å²) in [6.07, 6.45) is 1.07. The molecule has 2 heterocycles. The lowest BCUT2D eigenvalue weighted by atomic mass is 9.95. The molecule has 0 saturated heterocycles. The van der Waals surface area contributed by atoms with E-state index in [1.807, 2.05) is 20.8 Å². The second kappa shape index (κ2) is 6.36. The highest BCUT2D eigenvalue weighted by molar-refractivity contribution is 7.10. The highest BCUT2D eigenvalue weighted by Gasteiger charge is 2.29.